The molecule has 7 heteroatoms. The minimum Gasteiger partial charge on any atom is -0.309 e. The van der Waals surface area contributed by atoms with E-state index in [0.29, 0.717) is 41.2 Å². The first-order valence-corrected chi connectivity index (χ1v) is 8.81. The third-order valence-corrected chi connectivity index (χ3v) is 4.49. The summed E-state index contributed by atoms with van der Waals surface area (Å²) in [6, 6.07) is 14.3. The monoisotopic (exact) mass is 361 g/mol. The van der Waals surface area contributed by atoms with E-state index in [1.54, 1.807) is 24.4 Å². The van der Waals surface area contributed by atoms with Gasteiger partial charge in [0.1, 0.15) is 11.5 Å². The number of aromatic nitrogens is 4. The van der Waals surface area contributed by atoms with Crippen molar-refractivity contribution < 1.29 is 0 Å². The Kier molecular flexibility index (Phi) is 4.52. The van der Waals surface area contributed by atoms with Gasteiger partial charge in [0.05, 0.1) is 23.1 Å². The molecule has 0 aliphatic heterocycles. The Bertz CT molecular complexity index is 1130. The van der Waals surface area contributed by atoms with Crippen LogP contribution in [-0.4, -0.2) is 30.8 Å². The fraction of sp³-hybridized carbons (Fsp3) is 0.200. The van der Waals surface area contributed by atoms with Gasteiger partial charge >= 0.3 is 0 Å². The van der Waals surface area contributed by atoms with Crippen LogP contribution >= 0.6 is 0 Å². The van der Waals surface area contributed by atoms with Gasteiger partial charge in [-0.25, -0.2) is 9.97 Å². The molecule has 4 rings (SSSR count). The molecular formula is C20H19N5O2. The predicted octanol–water partition coefficient (Wildman–Crippen LogP) is 1.95. The molecule has 1 aromatic carbocycles. The average molecular weight is 361 g/mol. The van der Waals surface area contributed by atoms with E-state index in [-0.39, 0.29) is 11.1 Å². The number of rotatable bonds is 5. The molecule has 0 spiro atoms. The number of fused-ring (bicyclic) bond motifs is 2. The molecular weight excluding hydrogens is 342 g/mol. The second-order valence-electron chi connectivity index (χ2n) is 6.35. The van der Waals surface area contributed by atoms with Crippen molar-refractivity contribution >= 4 is 16.6 Å². The van der Waals surface area contributed by atoms with E-state index in [4.69, 9.17) is 0 Å². The van der Waals surface area contributed by atoms with Crippen LogP contribution in [0.2, 0.25) is 0 Å². The van der Waals surface area contributed by atoms with Crippen molar-refractivity contribution in [1.29, 1.82) is 0 Å². The van der Waals surface area contributed by atoms with Crippen molar-refractivity contribution in [2.45, 2.75) is 20.0 Å². The highest BCUT2D eigenvalue weighted by Crippen LogP contribution is 2.09. The molecule has 4 aromatic rings. The van der Waals surface area contributed by atoms with Crippen molar-refractivity contribution in [3.05, 3.63) is 87.0 Å². The number of benzene rings is 1. The highest BCUT2D eigenvalue weighted by Gasteiger charge is 2.11. The fourth-order valence-electron chi connectivity index (χ4n) is 3.11. The summed E-state index contributed by atoms with van der Waals surface area (Å²) in [6.45, 7) is 3.71. The van der Waals surface area contributed by atoms with E-state index in [1.165, 1.54) is 4.40 Å². The summed E-state index contributed by atoms with van der Waals surface area (Å²) in [7, 11) is 0. The zero-order valence-corrected chi connectivity index (χ0v) is 14.9. The molecule has 0 saturated heterocycles. The van der Waals surface area contributed by atoms with Crippen LogP contribution in [0.1, 0.15) is 18.4 Å². The molecule has 0 amide bonds. The topological polar surface area (TPSA) is 83.4 Å². The van der Waals surface area contributed by atoms with E-state index < -0.39 is 0 Å². The Labute approximate surface area is 155 Å². The summed E-state index contributed by atoms with van der Waals surface area (Å²) in [5.41, 5.74) is 1.73. The number of para-hydroxylation sites is 1. The molecule has 1 N–H and O–H groups in total. The Morgan fingerprint density at radius 2 is 1.85 bits per heavy atom. The SMILES string of the molecule is CCN(Cc1cc(=O)n2ccccc2n1)Cc1nc2ccccc2c(=O)[nH]1. The highest BCUT2D eigenvalue weighted by atomic mass is 16.1. The summed E-state index contributed by atoms with van der Waals surface area (Å²) >= 11 is 0. The maximum Gasteiger partial charge on any atom is 0.258 e. The number of aromatic amines is 1. The Morgan fingerprint density at radius 1 is 1.04 bits per heavy atom. The predicted molar refractivity (Wildman–Crippen MR) is 104 cm³/mol. The average Bonchev–Trinajstić information content (AvgIpc) is 2.67. The lowest BCUT2D eigenvalue weighted by Gasteiger charge is -2.19. The molecule has 3 heterocycles. The van der Waals surface area contributed by atoms with Gasteiger partial charge in [-0.3, -0.25) is 18.9 Å². The van der Waals surface area contributed by atoms with E-state index >= 15 is 0 Å². The van der Waals surface area contributed by atoms with Gasteiger partial charge in [-0.1, -0.05) is 25.1 Å². The van der Waals surface area contributed by atoms with Gasteiger partial charge in [-0.15, -0.1) is 0 Å². The molecule has 0 fully saturated rings. The van der Waals surface area contributed by atoms with Gasteiger partial charge in [0, 0.05) is 18.8 Å². The van der Waals surface area contributed by atoms with Crippen LogP contribution in [0.25, 0.3) is 16.6 Å². The lowest BCUT2D eigenvalue weighted by atomic mass is 10.2. The molecule has 0 aliphatic carbocycles. The first kappa shape index (κ1) is 17.1. The van der Waals surface area contributed by atoms with E-state index in [0.717, 1.165) is 6.54 Å². The number of H-pyrrole nitrogens is 1. The summed E-state index contributed by atoms with van der Waals surface area (Å²) in [5, 5.41) is 0.577. The van der Waals surface area contributed by atoms with E-state index in [9.17, 15) is 9.59 Å². The van der Waals surface area contributed by atoms with Gasteiger partial charge in [-0.05, 0) is 30.8 Å². The fourth-order valence-corrected chi connectivity index (χ4v) is 3.11. The van der Waals surface area contributed by atoms with E-state index in [2.05, 4.69) is 19.9 Å². The largest absolute Gasteiger partial charge is 0.309 e. The first-order chi connectivity index (χ1) is 13.1. The van der Waals surface area contributed by atoms with Gasteiger partial charge in [0.15, 0.2) is 0 Å². The van der Waals surface area contributed by atoms with Crippen molar-refractivity contribution in [2.75, 3.05) is 6.54 Å². The molecule has 0 aliphatic rings. The maximum absolute atomic E-state index is 12.3. The molecule has 0 atom stereocenters. The zero-order valence-electron chi connectivity index (χ0n) is 14.9. The molecule has 7 nitrogen and oxygen atoms in total. The third-order valence-electron chi connectivity index (χ3n) is 4.49. The quantitative estimate of drug-likeness (QED) is 0.587. The van der Waals surface area contributed by atoms with E-state index in [1.807, 2.05) is 37.3 Å². The zero-order chi connectivity index (χ0) is 18.8. The molecule has 0 unspecified atom stereocenters. The van der Waals surface area contributed by atoms with Crippen LogP contribution in [0.3, 0.4) is 0 Å². The van der Waals surface area contributed by atoms with Crippen LogP contribution in [0.5, 0.6) is 0 Å². The number of hydrogen-bond acceptors (Lipinski definition) is 5. The van der Waals surface area contributed by atoms with Crippen molar-refractivity contribution in [1.82, 2.24) is 24.3 Å². The summed E-state index contributed by atoms with van der Waals surface area (Å²) in [4.78, 5) is 38.5. The van der Waals surface area contributed by atoms with Gasteiger partial charge in [0.25, 0.3) is 11.1 Å². The lowest BCUT2D eigenvalue weighted by molar-refractivity contribution is 0.261. The minimum atomic E-state index is -0.145. The summed E-state index contributed by atoms with van der Waals surface area (Å²) in [6.07, 6.45) is 1.70. The van der Waals surface area contributed by atoms with Gasteiger partial charge in [-0.2, -0.15) is 0 Å². The number of nitrogens with zero attached hydrogens (tertiary/aromatic N) is 4. The van der Waals surface area contributed by atoms with Crippen LogP contribution < -0.4 is 11.1 Å². The molecule has 136 valence electrons. The van der Waals surface area contributed by atoms with Crippen molar-refractivity contribution in [3.63, 3.8) is 0 Å². The molecule has 3 aromatic heterocycles. The smallest absolute Gasteiger partial charge is 0.258 e. The van der Waals surface area contributed by atoms with Gasteiger partial charge in [0.2, 0.25) is 0 Å². The first-order valence-electron chi connectivity index (χ1n) is 8.81. The summed E-state index contributed by atoms with van der Waals surface area (Å²) in [5.74, 6) is 0.595. The number of pyridine rings is 1. The molecule has 0 radical (unpaired) electrons. The minimum absolute atomic E-state index is 0.108. The third kappa shape index (κ3) is 3.50. The summed E-state index contributed by atoms with van der Waals surface area (Å²) < 4.78 is 1.52. The van der Waals surface area contributed by atoms with Crippen LogP contribution in [-0.2, 0) is 13.1 Å². The van der Waals surface area contributed by atoms with Crippen LogP contribution in [0.4, 0.5) is 0 Å². The second kappa shape index (κ2) is 7.13. The molecule has 0 bridgehead atoms. The highest BCUT2D eigenvalue weighted by molar-refractivity contribution is 5.77. The Morgan fingerprint density at radius 3 is 2.70 bits per heavy atom. The van der Waals surface area contributed by atoms with Crippen molar-refractivity contribution in [2.24, 2.45) is 0 Å². The standard InChI is InChI=1S/C20H19N5O2/c1-2-24(12-14-11-19(26)25-10-6-5-9-18(25)21-14)13-17-22-16-8-4-3-7-15(16)20(27)23-17/h3-11H,2,12-13H2,1H3,(H,22,23,27). The Hall–Kier alpha value is -3.32. The van der Waals surface area contributed by atoms with Crippen LogP contribution in [0, 0.1) is 0 Å². The maximum atomic E-state index is 12.3. The molecule has 27 heavy (non-hydrogen) atoms. The second-order valence-corrected chi connectivity index (χ2v) is 6.35. The van der Waals surface area contributed by atoms with Crippen LogP contribution in [0.15, 0.2) is 64.3 Å². The number of hydrogen-bond donors (Lipinski definition) is 1. The van der Waals surface area contributed by atoms with Gasteiger partial charge < -0.3 is 4.98 Å². The number of nitrogens with one attached hydrogen (secondary N) is 1. The molecule has 0 saturated carbocycles. The van der Waals surface area contributed by atoms with Crippen molar-refractivity contribution in [3.8, 4) is 0 Å². The Balaban J connectivity index is 1.62. The lowest BCUT2D eigenvalue weighted by Crippen LogP contribution is -2.27. The normalized spacial score (nSPS) is 11.5.